The minimum atomic E-state index is 0.0318. The number of hydrogen-bond acceptors (Lipinski definition) is 2. The van der Waals surface area contributed by atoms with E-state index in [1.165, 1.54) is 82.6 Å². The quantitative estimate of drug-likeness (QED) is 0.170. The monoisotopic (exact) mass is 726 g/mol. The maximum absolute atomic E-state index is 5.05. The lowest BCUT2D eigenvalue weighted by atomic mass is 9.34. The fourth-order valence-electron chi connectivity index (χ4n) is 10.8. The summed E-state index contributed by atoms with van der Waals surface area (Å²) in [6.45, 7) is 0.0318. The van der Waals surface area contributed by atoms with Crippen LogP contribution in [-0.2, 0) is 0 Å². The van der Waals surface area contributed by atoms with Gasteiger partial charge in [0.1, 0.15) is 16.9 Å². The van der Waals surface area contributed by atoms with Crippen molar-refractivity contribution < 1.29 is 0 Å². The molecule has 3 aliphatic rings. The van der Waals surface area contributed by atoms with Gasteiger partial charge in [0.05, 0.1) is 22.2 Å². The van der Waals surface area contributed by atoms with Gasteiger partial charge < -0.3 is 0 Å². The first kappa shape index (κ1) is 29.9. The predicted molar refractivity (Wildman–Crippen MR) is 236 cm³/mol. The van der Waals surface area contributed by atoms with Crippen LogP contribution in [0.3, 0.4) is 0 Å². The highest BCUT2D eigenvalue weighted by Crippen LogP contribution is 2.46. The van der Waals surface area contributed by atoms with E-state index in [1.54, 1.807) is 0 Å². The first-order valence-corrected chi connectivity index (χ1v) is 19.9. The number of benzene rings is 5. The first-order chi connectivity index (χ1) is 28.3. The average Bonchev–Trinajstić information content (AvgIpc) is 4.00. The van der Waals surface area contributed by atoms with Gasteiger partial charge >= 0.3 is 0 Å². The lowest BCUT2D eigenvalue weighted by molar-refractivity contribution is 0.961. The lowest BCUT2D eigenvalue weighted by Gasteiger charge is -2.34. The molecule has 0 radical (unpaired) electrons. The summed E-state index contributed by atoms with van der Waals surface area (Å²) in [7, 11) is 0. The number of fused-ring (bicyclic) bond motifs is 14. The molecule has 0 fully saturated rings. The topological polar surface area (TPSA) is 45.5 Å². The fourth-order valence-corrected chi connectivity index (χ4v) is 10.8. The van der Waals surface area contributed by atoms with Crippen LogP contribution >= 0.6 is 0 Å². The third kappa shape index (κ3) is 3.63. The van der Waals surface area contributed by atoms with Gasteiger partial charge in [-0.1, -0.05) is 91.0 Å². The second-order valence-electron chi connectivity index (χ2n) is 15.7. The van der Waals surface area contributed by atoms with E-state index in [9.17, 15) is 0 Å². The van der Waals surface area contributed by atoms with Crippen molar-refractivity contribution in [1.82, 2.24) is 28.2 Å². The molecular formula is C50H31BN6. The second kappa shape index (κ2) is 10.7. The molecule has 8 heterocycles. The molecule has 11 aromatic rings. The number of allylic oxidation sites excluding steroid dienone is 4. The van der Waals surface area contributed by atoms with Crippen molar-refractivity contribution in [2.24, 2.45) is 0 Å². The van der Waals surface area contributed by atoms with Crippen molar-refractivity contribution >= 4 is 94.6 Å². The van der Waals surface area contributed by atoms with E-state index in [0.717, 1.165) is 46.5 Å². The van der Waals surface area contributed by atoms with Gasteiger partial charge in [-0.2, -0.15) is 0 Å². The van der Waals surface area contributed by atoms with Gasteiger partial charge in [-0.3, -0.25) is 23.3 Å². The summed E-state index contributed by atoms with van der Waals surface area (Å²) in [5.41, 5.74) is 18.0. The Morgan fingerprint density at radius 2 is 1.21 bits per heavy atom. The Hall–Kier alpha value is -7.38. The van der Waals surface area contributed by atoms with E-state index in [1.807, 2.05) is 18.5 Å². The number of hydrogen-bond donors (Lipinski definition) is 0. The summed E-state index contributed by atoms with van der Waals surface area (Å²) in [4.78, 5) is 10.0. The molecule has 6 aromatic heterocycles. The minimum Gasteiger partial charge on any atom is -0.299 e. The molecule has 0 N–H and O–H groups in total. The zero-order valence-corrected chi connectivity index (χ0v) is 30.8. The molecule has 6 nitrogen and oxygen atoms in total. The van der Waals surface area contributed by atoms with E-state index < -0.39 is 0 Å². The number of pyridine rings is 2. The highest BCUT2D eigenvalue weighted by Gasteiger charge is 2.42. The van der Waals surface area contributed by atoms with Gasteiger partial charge in [0.25, 0.3) is 6.71 Å². The molecule has 2 aliphatic heterocycles. The number of rotatable bonds is 3. The number of aromatic nitrogens is 6. The Morgan fingerprint density at radius 3 is 1.95 bits per heavy atom. The van der Waals surface area contributed by atoms with Gasteiger partial charge in [0, 0.05) is 73.0 Å². The van der Waals surface area contributed by atoms with Crippen LogP contribution in [0, 0.1) is 0 Å². The van der Waals surface area contributed by atoms with E-state index in [-0.39, 0.29) is 6.71 Å². The zero-order valence-electron chi connectivity index (χ0n) is 30.8. The fraction of sp³-hybridized carbons (Fsp3) is 0.0400. The van der Waals surface area contributed by atoms with Gasteiger partial charge in [-0.05, 0) is 89.9 Å². The van der Waals surface area contributed by atoms with Gasteiger partial charge in [0.2, 0.25) is 0 Å². The summed E-state index contributed by atoms with van der Waals surface area (Å²) in [6.07, 6.45) is 12.7. The molecular weight excluding hydrogens is 695 g/mol. The maximum atomic E-state index is 5.05. The highest BCUT2D eigenvalue weighted by molar-refractivity contribution is 7.00. The second-order valence-corrected chi connectivity index (χ2v) is 15.7. The third-order valence-corrected chi connectivity index (χ3v) is 12.9. The molecule has 14 rings (SSSR count). The predicted octanol–water partition coefficient (Wildman–Crippen LogP) is 9.57. The third-order valence-electron chi connectivity index (χ3n) is 12.9. The smallest absolute Gasteiger partial charge is 0.252 e. The normalized spacial score (nSPS) is 14.2. The largest absolute Gasteiger partial charge is 0.299 e. The average molecular weight is 727 g/mol. The molecule has 0 saturated heterocycles. The van der Waals surface area contributed by atoms with Crippen molar-refractivity contribution in [2.45, 2.75) is 12.8 Å². The SMILES string of the molecule is C1=CCCC(n2c3ccccc3c3c4cccc5c4n(c32)-c2cc(-c3ccccn3)cc3c2B5c2cccc4c5c6cccnc6n(-c6ccccc6)c5n-3c24)=C1. The van der Waals surface area contributed by atoms with Crippen molar-refractivity contribution in [3.05, 3.63) is 164 Å². The Bertz CT molecular complexity index is 3630. The molecule has 7 heteroatoms. The number of nitrogens with zero attached hydrogens (tertiary/aromatic N) is 6. The van der Waals surface area contributed by atoms with Crippen molar-refractivity contribution in [3.63, 3.8) is 0 Å². The van der Waals surface area contributed by atoms with Crippen molar-refractivity contribution in [3.8, 4) is 28.3 Å². The van der Waals surface area contributed by atoms with Crippen LogP contribution in [0.4, 0.5) is 0 Å². The minimum absolute atomic E-state index is 0.0318. The standard InChI is InChI=1S/C50H31BN6/c1-3-14-31(15-4-1)54-40-25-8-7-18-33(40)43-34-19-11-22-37-46(34)56(49(43)54)41-28-30(39-24-9-10-26-52-39)29-42-45(41)51(37)38-23-12-20-35-44-36-21-13-27-53-48(36)55(32-16-5-2-6-17-32)50(44)57(42)47(35)38/h1-3,5-14,16-29H,4,15H2. The lowest BCUT2D eigenvalue weighted by Crippen LogP contribution is -2.59. The Labute approximate surface area is 326 Å². The molecule has 0 unspecified atom stereocenters. The Balaban J connectivity index is 1.23. The summed E-state index contributed by atoms with van der Waals surface area (Å²) in [6, 6.07) is 49.1. The molecule has 5 aromatic carbocycles. The van der Waals surface area contributed by atoms with Crippen LogP contribution in [-0.4, -0.2) is 34.9 Å². The molecule has 0 spiro atoms. The van der Waals surface area contributed by atoms with E-state index in [0.29, 0.717) is 0 Å². The Kier molecular flexibility index (Phi) is 5.61. The molecule has 1 aliphatic carbocycles. The summed E-state index contributed by atoms with van der Waals surface area (Å²) >= 11 is 0. The first-order valence-electron chi connectivity index (χ1n) is 19.9. The van der Waals surface area contributed by atoms with Crippen LogP contribution < -0.4 is 16.4 Å². The Morgan fingerprint density at radius 1 is 0.544 bits per heavy atom. The summed E-state index contributed by atoms with van der Waals surface area (Å²) in [5.74, 6) is 0. The van der Waals surface area contributed by atoms with E-state index >= 15 is 0 Å². The van der Waals surface area contributed by atoms with Crippen LogP contribution in [0.25, 0.3) is 99.8 Å². The van der Waals surface area contributed by atoms with Gasteiger partial charge in [0.15, 0.2) is 0 Å². The molecule has 57 heavy (non-hydrogen) atoms. The van der Waals surface area contributed by atoms with Crippen LogP contribution in [0.1, 0.15) is 12.8 Å². The van der Waals surface area contributed by atoms with Crippen LogP contribution in [0.5, 0.6) is 0 Å². The van der Waals surface area contributed by atoms with Crippen LogP contribution in [0.2, 0.25) is 0 Å². The van der Waals surface area contributed by atoms with Gasteiger partial charge in [-0.25, -0.2) is 4.98 Å². The highest BCUT2D eigenvalue weighted by atomic mass is 15.2. The summed E-state index contributed by atoms with van der Waals surface area (Å²) in [5, 5.41) is 7.53. The van der Waals surface area contributed by atoms with Crippen molar-refractivity contribution in [2.75, 3.05) is 0 Å². The maximum Gasteiger partial charge on any atom is 0.252 e. The van der Waals surface area contributed by atoms with E-state index in [2.05, 4.69) is 164 Å². The molecule has 0 amide bonds. The number of para-hydroxylation sites is 4. The van der Waals surface area contributed by atoms with E-state index in [4.69, 9.17) is 9.97 Å². The molecule has 264 valence electrons. The zero-order chi connectivity index (χ0) is 36.9. The van der Waals surface area contributed by atoms with Gasteiger partial charge in [-0.15, -0.1) is 0 Å². The molecule has 0 atom stereocenters. The van der Waals surface area contributed by atoms with Crippen molar-refractivity contribution in [1.29, 1.82) is 0 Å². The molecule has 0 saturated carbocycles. The van der Waals surface area contributed by atoms with Crippen LogP contribution in [0.15, 0.2) is 164 Å². The molecule has 0 bridgehead atoms. The summed E-state index contributed by atoms with van der Waals surface area (Å²) < 4.78 is 10.1.